The van der Waals surface area contributed by atoms with Crippen molar-refractivity contribution in [2.24, 2.45) is 0 Å². The summed E-state index contributed by atoms with van der Waals surface area (Å²) in [4.78, 5) is 11.5. The van der Waals surface area contributed by atoms with E-state index in [-0.39, 0.29) is 11.3 Å². The average Bonchev–Trinajstić information content (AvgIpc) is 2.18. The molecule has 1 unspecified atom stereocenters. The molecule has 0 aliphatic carbocycles. The highest BCUT2D eigenvalue weighted by Gasteiger charge is 2.05. The molecular formula is C12H16ClNO. The van der Waals surface area contributed by atoms with Gasteiger partial charge in [0.2, 0.25) is 5.91 Å². The molecule has 15 heavy (non-hydrogen) atoms. The largest absolute Gasteiger partial charge is 0.354 e. The maximum Gasteiger partial charge on any atom is 0.224 e. The van der Waals surface area contributed by atoms with Crippen molar-refractivity contribution in [2.75, 3.05) is 6.54 Å². The third kappa shape index (κ3) is 4.34. The van der Waals surface area contributed by atoms with Gasteiger partial charge >= 0.3 is 0 Å². The van der Waals surface area contributed by atoms with E-state index in [4.69, 9.17) is 11.6 Å². The van der Waals surface area contributed by atoms with Gasteiger partial charge in [0, 0.05) is 11.9 Å². The molecular weight excluding hydrogens is 210 g/mol. The second-order valence-electron chi connectivity index (χ2n) is 3.69. The average molecular weight is 226 g/mol. The van der Waals surface area contributed by atoms with Crippen LogP contribution in [-0.2, 0) is 11.2 Å². The van der Waals surface area contributed by atoms with Gasteiger partial charge < -0.3 is 5.32 Å². The number of halogens is 1. The van der Waals surface area contributed by atoms with Crippen molar-refractivity contribution < 1.29 is 4.79 Å². The van der Waals surface area contributed by atoms with Crippen LogP contribution in [0.2, 0.25) is 0 Å². The molecule has 0 fully saturated rings. The number of alkyl halides is 1. The molecule has 0 aliphatic rings. The monoisotopic (exact) mass is 225 g/mol. The van der Waals surface area contributed by atoms with Crippen LogP contribution in [-0.4, -0.2) is 17.8 Å². The van der Waals surface area contributed by atoms with Crippen LogP contribution in [0.25, 0.3) is 0 Å². The summed E-state index contributed by atoms with van der Waals surface area (Å²) in [5, 5.41) is 2.76. The molecule has 0 saturated heterocycles. The molecule has 0 aromatic heterocycles. The first-order valence-corrected chi connectivity index (χ1v) is 5.48. The minimum absolute atomic E-state index is 0.0224. The van der Waals surface area contributed by atoms with Crippen LogP contribution in [0.3, 0.4) is 0 Å². The van der Waals surface area contributed by atoms with E-state index in [0.29, 0.717) is 13.0 Å². The maximum absolute atomic E-state index is 11.5. The van der Waals surface area contributed by atoms with Crippen molar-refractivity contribution in [1.29, 1.82) is 0 Å². The normalized spacial score (nSPS) is 12.2. The van der Waals surface area contributed by atoms with Crippen LogP contribution in [0.5, 0.6) is 0 Å². The molecule has 1 aromatic carbocycles. The SMILES string of the molecule is Cc1ccccc1CC(=O)NCC(C)Cl. The predicted molar refractivity (Wildman–Crippen MR) is 63.2 cm³/mol. The lowest BCUT2D eigenvalue weighted by molar-refractivity contribution is -0.120. The van der Waals surface area contributed by atoms with Crippen molar-refractivity contribution in [3.05, 3.63) is 35.4 Å². The van der Waals surface area contributed by atoms with E-state index in [1.165, 1.54) is 0 Å². The number of aryl methyl sites for hydroxylation is 1. The zero-order chi connectivity index (χ0) is 11.3. The number of rotatable bonds is 4. The molecule has 2 nitrogen and oxygen atoms in total. The quantitative estimate of drug-likeness (QED) is 0.783. The van der Waals surface area contributed by atoms with Gasteiger partial charge in [0.25, 0.3) is 0 Å². The summed E-state index contributed by atoms with van der Waals surface area (Å²) in [7, 11) is 0. The van der Waals surface area contributed by atoms with Crippen LogP contribution < -0.4 is 5.32 Å². The van der Waals surface area contributed by atoms with E-state index in [9.17, 15) is 4.79 Å². The Bertz CT molecular complexity index is 336. The lowest BCUT2D eigenvalue weighted by Crippen LogP contribution is -2.30. The van der Waals surface area contributed by atoms with Crippen molar-refractivity contribution in [3.63, 3.8) is 0 Å². The van der Waals surface area contributed by atoms with Gasteiger partial charge in [-0.2, -0.15) is 0 Å². The van der Waals surface area contributed by atoms with Gasteiger partial charge in [-0.25, -0.2) is 0 Å². The first-order valence-electron chi connectivity index (χ1n) is 5.05. The van der Waals surface area contributed by atoms with E-state index < -0.39 is 0 Å². The van der Waals surface area contributed by atoms with Crippen LogP contribution in [0, 0.1) is 6.92 Å². The summed E-state index contributed by atoms with van der Waals surface area (Å²) in [6.45, 7) is 4.38. The van der Waals surface area contributed by atoms with Crippen molar-refractivity contribution >= 4 is 17.5 Å². The van der Waals surface area contributed by atoms with Crippen molar-refractivity contribution in [3.8, 4) is 0 Å². The molecule has 0 bridgehead atoms. The Kier molecular flexibility index (Phi) is 4.63. The highest BCUT2D eigenvalue weighted by molar-refractivity contribution is 6.20. The zero-order valence-corrected chi connectivity index (χ0v) is 9.84. The molecule has 0 aliphatic heterocycles. The zero-order valence-electron chi connectivity index (χ0n) is 9.09. The number of hydrogen-bond donors (Lipinski definition) is 1. The molecule has 0 spiro atoms. The third-order valence-electron chi connectivity index (χ3n) is 2.19. The van der Waals surface area contributed by atoms with E-state index >= 15 is 0 Å². The first-order chi connectivity index (χ1) is 7.09. The number of carbonyl (C=O) groups is 1. The lowest BCUT2D eigenvalue weighted by atomic mass is 10.1. The molecule has 0 radical (unpaired) electrons. The summed E-state index contributed by atoms with van der Waals surface area (Å²) in [5.74, 6) is 0.0248. The summed E-state index contributed by atoms with van der Waals surface area (Å²) in [6, 6.07) is 7.89. The molecule has 1 rings (SSSR count). The minimum Gasteiger partial charge on any atom is -0.354 e. The summed E-state index contributed by atoms with van der Waals surface area (Å²) in [5.41, 5.74) is 2.21. The molecule has 1 aromatic rings. The highest BCUT2D eigenvalue weighted by atomic mass is 35.5. The predicted octanol–water partition coefficient (Wildman–Crippen LogP) is 2.28. The van der Waals surface area contributed by atoms with E-state index in [1.54, 1.807) is 0 Å². The van der Waals surface area contributed by atoms with Gasteiger partial charge in [-0.05, 0) is 25.0 Å². The van der Waals surface area contributed by atoms with Gasteiger partial charge in [0.1, 0.15) is 0 Å². The first kappa shape index (κ1) is 12.1. The van der Waals surface area contributed by atoms with Crippen LogP contribution in [0.4, 0.5) is 0 Å². The fourth-order valence-corrected chi connectivity index (χ4v) is 1.38. The number of benzene rings is 1. The Morgan fingerprint density at radius 3 is 2.73 bits per heavy atom. The Balaban J connectivity index is 2.48. The molecule has 0 saturated carbocycles. The molecule has 1 amide bonds. The minimum atomic E-state index is -0.0224. The van der Waals surface area contributed by atoms with Gasteiger partial charge in [-0.1, -0.05) is 24.3 Å². The van der Waals surface area contributed by atoms with Crippen LogP contribution >= 0.6 is 11.6 Å². The summed E-state index contributed by atoms with van der Waals surface area (Å²) in [6.07, 6.45) is 0.427. The molecule has 82 valence electrons. The highest BCUT2D eigenvalue weighted by Crippen LogP contribution is 2.07. The Morgan fingerprint density at radius 2 is 2.13 bits per heavy atom. The second-order valence-corrected chi connectivity index (χ2v) is 4.43. The van der Waals surface area contributed by atoms with Gasteiger partial charge in [-0.15, -0.1) is 11.6 Å². The van der Waals surface area contributed by atoms with Crippen LogP contribution in [0.1, 0.15) is 18.1 Å². The van der Waals surface area contributed by atoms with E-state index in [2.05, 4.69) is 5.32 Å². The third-order valence-corrected chi connectivity index (χ3v) is 2.35. The van der Waals surface area contributed by atoms with Gasteiger partial charge in [-0.3, -0.25) is 4.79 Å². The number of nitrogens with one attached hydrogen (secondary N) is 1. The molecule has 0 heterocycles. The Morgan fingerprint density at radius 1 is 1.47 bits per heavy atom. The smallest absolute Gasteiger partial charge is 0.224 e. The Hall–Kier alpha value is -1.02. The summed E-state index contributed by atoms with van der Waals surface area (Å²) >= 11 is 5.74. The van der Waals surface area contributed by atoms with Gasteiger partial charge in [0.05, 0.1) is 6.42 Å². The number of carbonyl (C=O) groups excluding carboxylic acids is 1. The van der Waals surface area contributed by atoms with Crippen molar-refractivity contribution in [1.82, 2.24) is 5.32 Å². The molecule has 3 heteroatoms. The topological polar surface area (TPSA) is 29.1 Å². The fourth-order valence-electron chi connectivity index (χ4n) is 1.30. The fraction of sp³-hybridized carbons (Fsp3) is 0.417. The lowest BCUT2D eigenvalue weighted by Gasteiger charge is -2.08. The number of amides is 1. The molecule has 1 atom stereocenters. The van der Waals surface area contributed by atoms with E-state index in [1.807, 2.05) is 38.1 Å². The van der Waals surface area contributed by atoms with Crippen molar-refractivity contribution in [2.45, 2.75) is 25.6 Å². The second kappa shape index (κ2) is 5.76. The molecule has 1 N–H and O–H groups in total. The maximum atomic E-state index is 11.5. The number of hydrogen-bond acceptors (Lipinski definition) is 1. The summed E-state index contributed by atoms with van der Waals surface area (Å²) < 4.78 is 0. The van der Waals surface area contributed by atoms with Gasteiger partial charge in [0.15, 0.2) is 0 Å². The standard InChI is InChI=1S/C12H16ClNO/c1-9-5-3-4-6-11(9)7-12(15)14-8-10(2)13/h3-6,10H,7-8H2,1-2H3,(H,14,15). The van der Waals surface area contributed by atoms with Crippen LogP contribution in [0.15, 0.2) is 24.3 Å². The van der Waals surface area contributed by atoms with E-state index in [0.717, 1.165) is 11.1 Å². The Labute approximate surface area is 95.6 Å².